The monoisotopic (exact) mass is 370 g/mol. The van der Waals surface area contributed by atoms with Crippen molar-refractivity contribution in [3.05, 3.63) is 70.8 Å². The Hall–Kier alpha value is -2.68. The molecule has 5 nitrogen and oxygen atoms in total. The molecular weight excluding hydrogens is 348 g/mol. The third-order valence-corrected chi connectivity index (χ3v) is 7.99. The number of carbonyl (C=O) groups is 1. The molecular formula is C23H22N4O. The van der Waals surface area contributed by atoms with Crippen LogP contribution < -0.4 is 5.73 Å². The minimum absolute atomic E-state index is 0.0814. The van der Waals surface area contributed by atoms with E-state index in [0.29, 0.717) is 5.92 Å². The van der Waals surface area contributed by atoms with Crippen LogP contribution in [0.3, 0.4) is 0 Å². The predicted molar refractivity (Wildman–Crippen MR) is 104 cm³/mol. The molecule has 2 aromatic carbocycles. The maximum Gasteiger partial charge on any atom is 0.241 e. The highest BCUT2D eigenvalue weighted by atomic mass is 16.1. The number of hydrogen-bond acceptors (Lipinski definition) is 4. The van der Waals surface area contributed by atoms with Gasteiger partial charge in [-0.15, -0.1) is 0 Å². The Kier molecular flexibility index (Phi) is 2.92. The lowest BCUT2D eigenvalue weighted by Gasteiger charge is -2.71. The fourth-order valence-corrected chi connectivity index (χ4v) is 7.24. The van der Waals surface area contributed by atoms with Crippen LogP contribution in [0, 0.1) is 16.7 Å². The summed E-state index contributed by atoms with van der Waals surface area (Å²) >= 11 is 0. The second kappa shape index (κ2) is 5.02. The summed E-state index contributed by atoms with van der Waals surface area (Å²) in [7, 11) is 4.15. The average Bonchev–Trinajstić information content (AvgIpc) is 2.70. The van der Waals surface area contributed by atoms with Crippen LogP contribution >= 0.6 is 0 Å². The van der Waals surface area contributed by atoms with Crippen LogP contribution in [0.5, 0.6) is 0 Å². The van der Waals surface area contributed by atoms with Crippen molar-refractivity contribution in [3.8, 4) is 6.07 Å². The van der Waals surface area contributed by atoms with Crippen molar-refractivity contribution >= 4 is 5.91 Å². The number of nitrogens with zero attached hydrogens (tertiary/aromatic N) is 3. The summed E-state index contributed by atoms with van der Waals surface area (Å²) in [5, 5.41) is 10.5. The number of nitriles is 1. The number of hydrogen-bond donors (Lipinski definition) is 1. The highest BCUT2D eigenvalue weighted by molar-refractivity contribution is 5.87. The average molecular weight is 370 g/mol. The minimum Gasteiger partial charge on any atom is -0.368 e. The van der Waals surface area contributed by atoms with Gasteiger partial charge in [-0.1, -0.05) is 48.5 Å². The van der Waals surface area contributed by atoms with E-state index >= 15 is 0 Å². The SMILES string of the molecule is CN1C2C3c4ccccc4[C@H]1C(C#N)(C(N)=O)[C@@H]1C2c2ccccc2C3N1C. The number of nitrogens with two attached hydrogens (primary N) is 1. The predicted octanol–water partition coefficient (Wildman–Crippen LogP) is 2.29. The summed E-state index contributed by atoms with van der Waals surface area (Å²) in [6, 6.07) is 19.2. The molecule has 4 heterocycles. The summed E-state index contributed by atoms with van der Waals surface area (Å²) in [5.41, 5.74) is 9.72. The quantitative estimate of drug-likeness (QED) is 0.836. The topological polar surface area (TPSA) is 73.4 Å². The molecule has 5 bridgehead atoms. The Balaban J connectivity index is 1.78. The number of rotatable bonds is 1. The van der Waals surface area contributed by atoms with E-state index in [9.17, 15) is 10.1 Å². The van der Waals surface area contributed by atoms with Crippen molar-refractivity contribution in [1.29, 1.82) is 5.26 Å². The zero-order valence-electron chi connectivity index (χ0n) is 15.9. The summed E-state index contributed by atoms with van der Waals surface area (Å²) in [4.78, 5) is 17.6. The van der Waals surface area contributed by atoms with Gasteiger partial charge in [0.15, 0.2) is 5.41 Å². The second-order valence-corrected chi connectivity index (χ2v) is 8.77. The lowest BCUT2D eigenvalue weighted by molar-refractivity contribution is -0.165. The highest BCUT2D eigenvalue weighted by Crippen LogP contribution is 2.69. The molecule has 7 atom stereocenters. The van der Waals surface area contributed by atoms with E-state index in [0.717, 1.165) is 5.56 Å². The van der Waals surface area contributed by atoms with Crippen LogP contribution in [-0.4, -0.2) is 41.9 Å². The molecule has 5 unspecified atom stereocenters. The van der Waals surface area contributed by atoms with Gasteiger partial charge in [-0.05, 0) is 36.3 Å². The molecule has 0 spiro atoms. The number of piperidine rings is 2. The molecule has 0 radical (unpaired) electrons. The molecule has 2 fully saturated rings. The van der Waals surface area contributed by atoms with E-state index in [1.165, 1.54) is 16.7 Å². The first kappa shape index (κ1) is 16.3. The fraction of sp³-hybridized carbons (Fsp3) is 0.391. The molecule has 0 saturated carbocycles. The van der Waals surface area contributed by atoms with Crippen molar-refractivity contribution in [2.45, 2.75) is 36.0 Å². The summed E-state index contributed by atoms with van der Waals surface area (Å²) in [6.07, 6.45) is 0. The van der Waals surface area contributed by atoms with Crippen LogP contribution in [0.4, 0.5) is 0 Å². The molecule has 140 valence electrons. The molecule has 7 rings (SSSR count). The summed E-state index contributed by atoms with van der Waals surface area (Å²) < 4.78 is 0. The smallest absolute Gasteiger partial charge is 0.241 e. The third kappa shape index (κ3) is 1.49. The molecule has 1 aliphatic carbocycles. The Bertz CT molecular complexity index is 1070. The van der Waals surface area contributed by atoms with E-state index in [-0.39, 0.29) is 30.1 Å². The number of likely N-dealkylation sites (N-methyl/N-ethyl adjacent to an activating group) is 2. The van der Waals surface area contributed by atoms with E-state index in [1.54, 1.807) is 0 Å². The summed E-state index contributed by atoms with van der Waals surface area (Å²) in [6.45, 7) is 0. The van der Waals surface area contributed by atoms with E-state index in [4.69, 9.17) is 5.73 Å². The Morgan fingerprint density at radius 2 is 1.54 bits per heavy atom. The minimum atomic E-state index is -1.29. The van der Waals surface area contributed by atoms with Gasteiger partial charge in [0.25, 0.3) is 0 Å². The van der Waals surface area contributed by atoms with Gasteiger partial charge in [-0.2, -0.15) is 5.26 Å². The van der Waals surface area contributed by atoms with Crippen LogP contribution in [0.1, 0.15) is 46.2 Å². The first-order valence-electron chi connectivity index (χ1n) is 9.86. The van der Waals surface area contributed by atoms with Crippen LogP contribution in [0.25, 0.3) is 0 Å². The number of amides is 1. The van der Waals surface area contributed by atoms with Gasteiger partial charge in [0.1, 0.15) is 0 Å². The molecule has 2 saturated heterocycles. The molecule has 28 heavy (non-hydrogen) atoms. The number of primary amides is 1. The molecule has 1 amide bonds. The van der Waals surface area contributed by atoms with Crippen molar-refractivity contribution in [3.63, 3.8) is 0 Å². The van der Waals surface area contributed by atoms with Crippen molar-refractivity contribution in [2.24, 2.45) is 11.1 Å². The highest BCUT2D eigenvalue weighted by Gasteiger charge is 2.72. The van der Waals surface area contributed by atoms with Crippen molar-refractivity contribution in [2.75, 3.05) is 14.1 Å². The fourth-order valence-electron chi connectivity index (χ4n) is 7.24. The van der Waals surface area contributed by atoms with Gasteiger partial charge < -0.3 is 5.73 Å². The molecule has 4 aliphatic heterocycles. The maximum atomic E-state index is 13.0. The molecule has 0 aromatic heterocycles. The normalized spacial score (nSPS) is 39.9. The molecule has 2 aromatic rings. The Labute approximate surface area is 164 Å². The summed E-state index contributed by atoms with van der Waals surface area (Å²) in [5.74, 6) is -0.110. The van der Waals surface area contributed by atoms with Gasteiger partial charge in [0, 0.05) is 30.0 Å². The zero-order chi connectivity index (χ0) is 19.4. The molecule has 2 N–H and O–H groups in total. The first-order valence-corrected chi connectivity index (χ1v) is 9.86. The largest absolute Gasteiger partial charge is 0.368 e. The van der Waals surface area contributed by atoms with E-state index < -0.39 is 11.3 Å². The van der Waals surface area contributed by atoms with Gasteiger partial charge in [-0.25, -0.2) is 0 Å². The van der Waals surface area contributed by atoms with Gasteiger partial charge in [0.05, 0.1) is 12.1 Å². The van der Waals surface area contributed by atoms with Crippen molar-refractivity contribution < 1.29 is 4.79 Å². The number of carbonyl (C=O) groups excluding carboxylic acids is 1. The maximum absolute atomic E-state index is 13.0. The van der Waals surface area contributed by atoms with Gasteiger partial charge in [0.2, 0.25) is 5.91 Å². The Morgan fingerprint density at radius 1 is 0.964 bits per heavy atom. The van der Waals surface area contributed by atoms with E-state index in [1.807, 2.05) is 6.07 Å². The number of benzene rings is 2. The second-order valence-electron chi connectivity index (χ2n) is 8.77. The first-order chi connectivity index (χ1) is 13.5. The molecule has 5 aliphatic rings. The zero-order valence-corrected chi connectivity index (χ0v) is 15.9. The van der Waals surface area contributed by atoms with Gasteiger partial charge in [-0.3, -0.25) is 14.6 Å². The standard InChI is InChI=1S/C23H22N4O/c1-26-18-14-9-5-3-7-12(14)17-19-16(18)13-8-4-6-10-15(13)20(27(19)2)23(11-24,21(17)26)22(25)28/h3-10,16-21H,1-2H3,(H2,25,28)/t16?,17?,18?,19?,20-,21-,23?/m0/s1. The van der Waals surface area contributed by atoms with Crippen molar-refractivity contribution in [1.82, 2.24) is 9.80 Å². The van der Waals surface area contributed by atoms with Crippen LogP contribution in [0.15, 0.2) is 48.5 Å². The lowest BCUT2D eigenvalue weighted by Crippen LogP contribution is -2.76. The third-order valence-electron chi connectivity index (χ3n) is 7.99. The van der Waals surface area contributed by atoms with Crippen LogP contribution in [-0.2, 0) is 4.79 Å². The van der Waals surface area contributed by atoms with Gasteiger partial charge >= 0.3 is 0 Å². The Morgan fingerprint density at radius 3 is 2.14 bits per heavy atom. The number of fused-ring (bicyclic) bond motifs is 3. The lowest BCUT2D eigenvalue weighted by atomic mass is 9.47. The molecule has 5 heteroatoms. The van der Waals surface area contributed by atoms with Crippen LogP contribution in [0.2, 0.25) is 0 Å². The van der Waals surface area contributed by atoms with E-state index in [2.05, 4.69) is 72.4 Å².